The van der Waals surface area contributed by atoms with Gasteiger partial charge in [0.1, 0.15) is 29.3 Å². The quantitative estimate of drug-likeness (QED) is 0.269. The Kier molecular flexibility index (Phi) is 8.24. The Balaban J connectivity index is 1.73. The number of nitrogens with one attached hydrogen (secondary N) is 1. The molecule has 0 aliphatic carbocycles. The van der Waals surface area contributed by atoms with Crippen LogP contribution in [-0.4, -0.2) is 53.7 Å². The van der Waals surface area contributed by atoms with E-state index in [1.807, 2.05) is 24.3 Å². The van der Waals surface area contributed by atoms with Crippen molar-refractivity contribution in [3.05, 3.63) is 59.9 Å². The molecule has 2 aromatic rings. The van der Waals surface area contributed by atoms with Gasteiger partial charge in [-0.05, 0) is 49.6 Å². The van der Waals surface area contributed by atoms with Gasteiger partial charge in [0, 0.05) is 32.5 Å². The summed E-state index contributed by atoms with van der Waals surface area (Å²) in [7, 11) is 0. The maximum Gasteiger partial charge on any atom is 0.408 e. The maximum absolute atomic E-state index is 13.5. The van der Waals surface area contributed by atoms with E-state index in [9.17, 15) is 18.8 Å². The number of ether oxygens (including phenoxy) is 2. The molecule has 0 unspecified atom stereocenters. The zero-order valence-corrected chi connectivity index (χ0v) is 20.3. The number of hydrogen-bond donors (Lipinski definition) is 2. The molecule has 0 saturated carbocycles. The third-order valence-corrected chi connectivity index (χ3v) is 5.82. The Hall–Kier alpha value is -3.30. The standard InChI is InChI=1S/C26H32FN3O5/c1-25(2,3)35-24(33)29-26(12-14-34-15-13-26)23(32)30(28)22(17-31)16-18-4-6-19(7-5-18)20-8-10-21(27)11-9-20/h4-11,17,22H,12-16,28H2,1-3H3,(H,29,33)/t22-/m0/s1. The molecule has 1 atom stereocenters. The van der Waals surface area contributed by atoms with Gasteiger partial charge >= 0.3 is 6.09 Å². The number of alkyl carbamates (subject to hydrolysis) is 1. The predicted molar refractivity (Wildman–Crippen MR) is 129 cm³/mol. The first-order chi connectivity index (χ1) is 16.5. The molecule has 1 aliphatic heterocycles. The lowest BCUT2D eigenvalue weighted by atomic mass is 9.88. The van der Waals surface area contributed by atoms with E-state index in [1.165, 1.54) is 12.1 Å². The molecule has 1 aliphatic rings. The van der Waals surface area contributed by atoms with E-state index in [-0.39, 0.29) is 38.3 Å². The molecule has 0 spiro atoms. The normalized spacial score (nSPS) is 16.1. The molecule has 3 rings (SSSR count). The van der Waals surface area contributed by atoms with Crippen LogP contribution in [0.5, 0.6) is 0 Å². The van der Waals surface area contributed by atoms with Crippen molar-refractivity contribution < 1.29 is 28.2 Å². The first-order valence-corrected chi connectivity index (χ1v) is 11.5. The van der Waals surface area contributed by atoms with Gasteiger partial charge in [0.15, 0.2) is 0 Å². The van der Waals surface area contributed by atoms with E-state index in [0.717, 1.165) is 21.7 Å². The average molecular weight is 486 g/mol. The highest BCUT2D eigenvalue weighted by atomic mass is 19.1. The van der Waals surface area contributed by atoms with Crippen LogP contribution in [0.25, 0.3) is 11.1 Å². The van der Waals surface area contributed by atoms with Gasteiger partial charge < -0.3 is 19.6 Å². The average Bonchev–Trinajstić information content (AvgIpc) is 2.82. The van der Waals surface area contributed by atoms with Crippen LogP contribution in [0.1, 0.15) is 39.2 Å². The zero-order valence-electron chi connectivity index (χ0n) is 20.3. The number of amides is 2. The van der Waals surface area contributed by atoms with Gasteiger partial charge in [0.25, 0.3) is 5.91 Å². The Morgan fingerprint density at radius 3 is 2.17 bits per heavy atom. The number of carbonyl (C=O) groups excluding carboxylic acids is 3. The summed E-state index contributed by atoms with van der Waals surface area (Å²) < 4.78 is 23.9. The number of carbonyl (C=O) groups is 3. The SMILES string of the molecule is CC(C)(C)OC(=O)NC1(C(=O)N(N)[C@H](C=O)Cc2ccc(-c3ccc(F)cc3)cc2)CCOCC1. The van der Waals surface area contributed by atoms with Crippen LogP contribution in [0.15, 0.2) is 48.5 Å². The summed E-state index contributed by atoms with van der Waals surface area (Å²) in [4.78, 5) is 37.9. The third kappa shape index (κ3) is 6.86. The van der Waals surface area contributed by atoms with E-state index in [0.29, 0.717) is 6.29 Å². The number of hydrazine groups is 1. The molecule has 1 heterocycles. The summed E-state index contributed by atoms with van der Waals surface area (Å²) >= 11 is 0. The molecule has 1 fully saturated rings. The highest BCUT2D eigenvalue weighted by Crippen LogP contribution is 2.25. The fourth-order valence-corrected chi connectivity index (χ4v) is 3.94. The first-order valence-electron chi connectivity index (χ1n) is 11.5. The molecule has 0 aromatic heterocycles. The molecule has 8 nitrogen and oxygen atoms in total. The van der Waals surface area contributed by atoms with Gasteiger partial charge in [0.05, 0.1) is 0 Å². The Labute approximate surface area is 204 Å². The summed E-state index contributed by atoms with van der Waals surface area (Å²) in [5.74, 6) is 5.27. The number of nitrogens with two attached hydrogens (primary N) is 1. The van der Waals surface area contributed by atoms with Crippen LogP contribution in [0.4, 0.5) is 9.18 Å². The van der Waals surface area contributed by atoms with E-state index in [1.54, 1.807) is 32.9 Å². The van der Waals surface area contributed by atoms with Crippen LogP contribution in [0, 0.1) is 5.82 Å². The smallest absolute Gasteiger partial charge is 0.408 e. The van der Waals surface area contributed by atoms with E-state index in [2.05, 4.69) is 5.32 Å². The molecule has 3 N–H and O–H groups in total. The van der Waals surface area contributed by atoms with Gasteiger partial charge in [-0.1, -0.05) is 36.4 Å². The second-order valence-electron chi connectivity index (χ2n) is 9.65. The van der Waals surface area contributed by atoms with Crippen molar-refractivity contribution in [3.8, 4) is 11.1 Å². The molecule has 188 valence electrons. The van der Waals surface area contributed by atoms with Gasteiger partial charge in [-0.25, -0.2) is 15.0 Å². The maximum atomic E-state index is 13.5. The van der Waals surface area contributed by atoms with Gasteiger partial charge in [-0.15, -0.1) is 0 Å². The highest BCUT2D eigenvalue weighted by Gasteiger charge is 2.45. The van der Waals surface area contributed by atoms with Crippen molar-refractivity contribution in [3.63, 3.8) is 0 Å². The predicted octanol–water partition coefficient (Wildman–Crippen LogP) is 3.38. The number of benzene rings is 2. The van der Waals surface area contributed by atoms with Crippen molar-refractivity contribution in [2.75, 3.05) is 13.2 Å². The van der Waals surface area contributed by atoms with E-state index in [4.69, 9.17) is 15.3 Å². The molecule has 35 heavy (non-hydrogen) atoms. The minimum atomic E-state index is -1.33. The number of halogens is 1. The first kappa shape index (κ1) is 26.3. The fraction of sp³-hybridized carbons (Fsp3) is 0.423. The molecule has 2 amide bonds. The number of hydrogen-bond acceptors (Lipinski definition) is 6. The summed E-state index contributed by atoms with van der Waals surface area (Å²) in [5.41, 5.74) is 0.461. The number of nitrogens with zero attached hydrogens (tertiary/aromatic N) is 1. The fourth-order valence-electron chi connectivity index (χ4n) is 3.94. The molecular formula is C26H32FN3O5. The Morgan fingerprint density at radius 1 is 1.11 bits per heavy atom. The summed E-state index contributed by atoms with van der Waals surface area (Å²) in [5, 5.41) is 3.58. The van der Waals surface area contributed by atoms with Crippen molar-refractivity contribution >= 4 is 18.3 Å². The number of aldehydes is 1. The Morgan fingerprint density at radius 2 is 1.66 bits per heavy atom. The lowest BCUT2D eigenvalue weighted by molar-refractivity contribution is -0.147. The summed E-state index contributed by atoms with van der Waals surface area (Å²) in [6.45, 7) is 5.69. The van der Waals surface area contributed by atoms with Gasteiger partial charge in [0.2, 0.25) is 0 Å². The Bertz CT molecular complexity index is 1030. The molecule has 0 radical (unpaired) electrons. The zero-order chi connectivity index (χ0) is 25.6. The molecule has 2 aromatic carbocycles. The minimum Gasteiger partial charge on any atom is -0.444 e. The topological polar surface area (TPSA) is 111 Å². The van der Waals surface area contributed by atoms with Crippen molar-refractivity contribution in [1.82, 2.24) is 10.3 Å². The van der Waals surface area contributed by atoms with Crippen LogP contribution in [-0.2, 0) is 25.5 Å². The van der Waals surface area contributed by atoms with Crippen LogP contribution in [0.3, 0.4) is 0 Å². The second-order valence-corrected chi connectivity index (χ2v) is 9.65. The molecule has 9 heteroatoms. The largest absolute Gasteiger partial charge is 0.444 e. The van der Waals surface area contributed by atoms with Crippen LogP contribution < -0.4 is 11.2 Å². The summed E-state index contributed by atoms with van der Waals surface area (Å²) in [6.07, 6.45) is 0.481. The van der Waals surface area contributed by atoms with Gasteiger partial charge in [-0.3, -0.25) is 9.80 Å². The summed E-state index contributed by atoms with van der Waals surface area (Å²) in [6, 6.07) is 12.6. The highest BCUT2D eigenvalue weighted by molar-refractivity contribution is 5.91. The van der Waals surface area contributed by atoms with Crippen molar-refractivity contribution in [2.24, 2.45) is 5.84 Å². The minimum absolute atomic E-state index is 0.189. The van der Waals surface area contributed by atoms with Crippen LogP contribution >= 0.6 is 0 Å². The van der Waals surface area contributed by atoms with E-state index >= 15 is 0 Å². The number of rotatable bonds is 7. The van der Waals surface area contributed by atoms with Crippen molar-refractivity contribution in [2.45, 2.75) is 57.2 Å². The lowest BCUT2D eigenvalue weighted by Gasteiger charge is -2.40. The molecular weight excluding hydrogens is 453 g/mol. The van der Waals surface area contributed by atoms with Crippen molar-refractivity contribution in [1.29, 1.82) is 0 Å². The monoisotopic (exact) mass is 485 g/mol. The lowest BCUT2D eigenvalue weighted by Crippen LogP contribution is -2.65. The molecule has 1 saturated heterocycles. The van der Waals surface area contributed by atoms with E-state index < -0.39 is 29.2 Å². The molecule has 0 bridgehead atoms. The van der Waals surface area contributed by atoms with Gasteiger partial charge in [-0.2, -0.15) is 0 Å². The van der Waals surface area contributed by atoms with Crippen LogP contribution in [0.2, 0.25) is 0 Å². The second kappa shape index (κ2) is 11.0. The third-order valence-electron chi connectivity index (χ3n) is 5.82.